The fraction of sp³-hybridized carbons (Fsp3) is 0.267. The van der Waals surface area contributed by atoms with Gasteiger partial charge in [-0.2, -0.15) is 5.26 Å². The molecular weight excluding hydrogens is 240 g/mol. The Labute approximate surface area is 112 Å². The van der Waals surface area contributed by atoms with Crippen LogP contribution in [0.5, 0.6) is 5.75 Å². The van der Waals surface area contributed by atoms with Crippen molar-refractivity contribution in [2.24, 2.45) is 0 Å². The van der Waals surface area contributed by atoms with Gasteiger partial charge in [0.1, 0.15) is 17.6 Å². The third-order valence-electron chi connectivity index (χ3n) is 2.85. The first-order chi connectivity index (χ1) is 9.29. The minimum absolute atomic E-state index is 0.0750. The Morgan fingerprint density at radius 2 is 2.11 bits per heavy atom. The number of benzene rings is 1. The molecule has 0 aliphatic rings. The second kappa shape index (κ2) is 6.62. The minimum Gasteiger partial charge on any atom is -0.479 e. The van der Waals surface area contributed by atoms with Crippen molar-refractivity contribution in [3.8, 4) is 11.8 Å². The van der Waals surface area contributed by atoms with Crippen LogP contribution in [0.25, 0.3) is 0 Å². The molecule has 0 radical (unpaired) electrons. The summed E-state index contributed by atoms with van der Waals surface area (Å²) >= 11 is 0. The van der Waals surface area contributed by atoms with Crippen molar-refractivity contribution in [3.63, 3.8) is 0 Å². The molecule has 0 aliphatic heterocycles. The molecule has 1 atom stereocenters. The molecule has 19 heavy (non-hydrogen) atoms. The Morgan fingerprint density at radius 3 is 2.74 bits per heavy atom. The fourth-order valence-corrected chi connectivity index (χ4v) is 1.75. The van der Waals surface area contributed by atoms with E-state index < -0.39 is 0 Å². The fourth-order valence-electron chi connectivity index (χ4n) is 1.75. The molecule has 0 fully saturated rings. The standard InChI is InChI=1S/C15H16N2O2/c1-12(17-11-15-3-2-9-18-15)13-4-6-14(7-5-13)19-10-8-16/h2-7,9,12,17H,10-11H2,1H3. The van der Waals surface area contributed by atoms with Gasteiger partial charge in [0.05, 0.1) is 12.8 Å². The van der Waals surface area contributed by atoms with E-state index in [-0.39, 0.29) is 12.6 Å². The average Bonchev–Trinajstić information content (AvgIpc) is 2.96. The number of hydrogen-bond donors (Lipinski definition) is 1. The SMILES string of the molecule is CC(NCc1ccco1)c1ccc(OCC#N)cc1. The number of hydrogen-bond acceptors (Lipinski definition) is 4. The van der Waals surface area contributed by atoms with E-state index in [9.17, 15) is 0 Å². The van der Waals surface area contributed by atoms with E-state index in [1.165, 1.54) is 0 Å². The molecule has 0 amide bonds. The van der Waals surface area contributed by atoms with Crippen LogP contribution in [0.15, 0.2) is 47.1 Å². The molecule has 0 saturated heterocycles. The summed E-state index contributed by atoms with van der Waals surface area (Å²) < 4.78 is 10.5. The Morgan fingerprint density at radius 1 is 1.32 bits per heavy atom. The summed E-state index contributed by atoms with van der Waals surface area (Å²) in [6.45, 7) is 2.86. The lowest BCUT2D eigenvalue weighted by atomic mass is 10.1. The summed E-state index contributed by atoms with van der Waals surface area (Å²) in [6, 6.07) is 13.7. The Hall–Kier alpha value is -2.25. The molecule has 1 aromatic heterocycles. The molecule has 0 bridgehead atoms. The minimum atomic E-state index is 0.0750. The van der Waals surface area contributed by atoms with Crippen LogP contribution >= 0.6 is 0 Å². The average molecular weight is 256 g/mol. The molecule has 1 aromatic carbocycles. The maximum absolute atomic E-state index is 8.44. The second-order valence-electron chi connectivity index (χ2n) is 4.20. The largest absolute Gasteiger partial charge is 0.479 e. The van der Waals surface area contributed by atoms with Crippen molar-refractivity contribution in [1.82, 2.24) is 5.32 Å². The monoisotopic (exact) mass is 256 g/mol. The van der Waals surface area contributed by atoms with Gasteiger partial charge in [-0.05, 0) is 36.8 Å². The van der Waals surface area contributed by atoms with E-state index >= 15 is 0 Å². The van der Waals surface area contributed by atoms with Gasteiger partial charge in [-0.15, -0.1) is 0 Å². The number of nitrogens with one attached hydrogen (secondary N) is 1. The lowest BCUT2D eigenvalue weighted by molar-refractivity contribution is 0.368. The summed E-state index contributed by atoms with van der Waals surface area (Å²) in [6.07, 6.45) is 1.67. The summed E-state index contributed by atoms with van der Waals surface area (Å²) in [5.41, 5.74) is 1.16. The van der Waals surface area contributed by atoms with E-state index in [1.54, 1.807) is 6.26 Å². The van der Waals surface area contributed by atoms with Crippen LogP contribution in [-0.2, 0) is 6.54 Å². The van der Waals surface area contributed by atoms with Crippen molar-refractivity contribution in [1.29, 1.82) is 5.26 Å². The summed E-state index contributed by atoms with van der Waals surface area (Å²) in [7, 11) is 0. The number of nitriles is 1. The zero-order valence-corrected chi connectivity index (χ0v) is 10.8. The van der Waals surface area contributed by atoms with E-state index in [0.717, 1.165) is 11.3 Å². The Kier molecular flexibility index (Phi) is 4.60. The molecule has 98 valence electrons. The molecule has 0 aliphatic carbocycles. The van der Waals surface area contributed by atoms with Gasteiger partial charge in [0.15, 0.2) is 6.61 Å². The Balaban J connectivity index is 1.88. The van der Waals surface area contributed by atoms with Gasteiger partial charge < -0.3 is 14.5 Å². The van der Waals surface area contributed by atoms with Crippen LogP contribution in [-0.4, -0.2) is 6.61 Å². The van der Waals surface area contributed by atoms with Crippen LogP contribution < -0.4 is 10.1 Å². The topological polar surface area (TPSA) is 58.2 Å². The van der Waals surface area contributed by atoms with Gasteiger partial charge >= 0.3 is 0 Å². The zero-order chi connectivity index (χ0) is 13.5. The molecule has 0 saturated carbocycles. The number of nitrogens with zero attached hydrogens (tertiary/aromatic N) is 1. The second-order valence-corrected chi connectivity index (χ2v) is 4.20. The maximum Gasteiger partial charge on any atom is 0.174 e. The molecule has 4 heteroatoms. The van der Waals surface area contributed by atoms with Crippen molar-refractivity contribution >= 4 is 0 Å². The predicted molar refractivity (Wildman–Crippen MR) is 71.5 cm³/mol. The van der Waals surface area contributed by atoms with Gasteiger partial charge in [-0.3, -0.25) is 0 Å². The maximum atomic E-state index is 8.44. The van der Waals surface area contributed by atoms with Gasteiger partial charge in [0.2, 0.25) is 0 Å². The predicted octanol–water partition coefficient (Wildman–Crippen LogP) is 3.03. The third-order valence-corrected chi connectivity index (χ3v) is 2.85. The first-order valence-electron chi connectivity index (χ1n) is 6.15. The molecular formula is C15H16N2O2. The van der Waals surface area contributed by atoms with Crippen molar-refractivity contribution < 1.29 is 9.15 Å². The van der Waals surface area contributed by atoms with E-state index in [2.05, 4.69) is 12.2 Å². The number of rotatable bonds is 6. The molecule has 1 heterocycles. The van der Waals surface area contributed by atoms with Crippen molar-refractivity contribution in [3.05, 3.63) is 54.0 Å². The molecule has 0 spiro atoms. The van der Waals surface area contributed by atoms with Gasteiger partial charge in [-0.1, -0.05) is 12.1 Å². The van der Waals surface area contributed by atoms with Gasteiger partial charge in [-0.25, -0.2) is 0 Å². The lowest BCUT2D eigenvalue weighted by Crippen LogP contribution is -2.17. The number of ether oxygens (including phenoxy) is 1. The summed E-state index contributed by atoms with van der Waals surface area (Å²) in [4.78, 5) is 0. The quantitative estimate of drug-likeness (QED) is 0.863. The third kappa shape index (κ3) is 3.87. The van der Waals surface area contributed by atoms with E-state index in [0.29, 0.717) is 12.3 Å². The molecule has 1 N–H and O–H groups in total. The van der Waals surface area contributed by atoms with Crippen LogP contribution in [0, 0.1) is 11.3 Å². The first kappa shape index (κ1) is 13.2. The Bertz CT molecular complexity index is 526. The van der Waals surface area contributed by atoms with Crippen molar-refractivity contribution in [2.75, 3.05) is 6.61 Å². The van der Waals surface area contributed by atoms with Crippen LogP contribution in [0.4, 0.5) is 0 Å². The van der Waals surface area contributed by atoms with Crippen LogP contribution in [0.2, 0.25) is 0 Å². The van der Waals surface area contributed by atoms with Crippen molar-refractivity contribution in [2.45, 2.75) is 19.5 Å². The normalized spacial score (nSPS) is 11.8. The van der Waals surface area contributed by atoms with Gasteiger partial charge in [0.25, 0.3) is 0 Å². The summed E-state index contributed by atoms with van der Waals surface area (Å²) in [5.74, 6) is 1.63. The molecule has 4 nitrogen and oxygen atoms in total. The van der Waals surface area contributed by atoms with E-state index in [4.69, 9.17) is 14.4 Å². The van der Waals surface area contributed by atoms with Gasteiger partial charge in [0, 0.05) is 6.04 Å². The summed E-state index contributed by atoms with van der Waals surface area (Å²) in [5, 5.41) is 11.8. The van der Waals surface area contributed by atoms with Crippen LogP contribution in [0.3, 0.4) is 0 Å². The smallest absolute Gasteiger partial charge is 0.174 e. The van der Waals surface area contributed by atoms with E-state index in [1.807, 2.05) is 42.5 Å². The highest BCUT2D eigenvalue weighted by Gasteiger charge is 2.06. The number of furan rings is 1. The lowest BCUT2D eigenvalue weighted by Gasteiger charge is -2.13. The highest BCUT2D eigenvalue weighted by Crippen LogP contribution is 2.18. The molecule has 1 unspecified atom stereocenters. The highest BCUT2D eigenvalue weighted by molar-refractivity contribution is 5.29. The highest BCUT2D eigenvalue weighted by atomic mass is 16.5. The first-order valence-corrected chi connectivity index (χ1v) is 6.15. The molecule has 2 aromatic rings. The zero-order valence-electron chi connectivity index (χ0n) is 10.8. The molecule has 2 rings (SSSR count). The van der Waals surface area contributed by atoms with Crippen LogP contribution in [0.1, 0.15) is 24.3 Å².